The number of anilines is 1. The number of ketones is 2. The van der Waals surface area contributed by atoms with Gasteiger partial charge < -0.3 is 20.3 Å². The molecule has 4 aliphatic rings. The Bertz CT molecular complexity index is 1830. The standard InChI is InChI=1S/C33H25NO5/c1-4-18-11-12-19-14-21-22(15-20(19)13-18)30(37)27-24(35)16-23-29(28(27)31(21)38)34-25-9-7-5-6-8-10-26(36)33(23)32(25,39-33)17(2)3/h5-6,11-17,25-26,34-36H,4H2,1-3H3/b6-5-/t25-,26+,32-,33-/m0/s1. The number of aliphatic hydroxyl groups is 1. The van der Waals surface area contributed by atoms with E-state index in [0.717, 1.165) is 22.8 Å². The average molecular weight is 516 g/mol. The van der Waals surface area contributed by atoms with E-state index in [1.807, 2.05) is 32.0 Å². The SMILES string of the molecule is CCc1ccc2cc3c(cc2c1)C(=O)c1c(O)cc2c(c1C3=O)N[C@H]1C#C/C=C\C#C[C@@H](O)[C@@]23O[C@@]13C(C)C. The van der Waals surface area contributed by atoms with Crippen LogP contribution in [0, 0.1) is 29.6 Å². The second-order valence-electron chi connectivity index (χ2n) is 10.8. The number of phenolic OH excluding ortho intramolecular Hbond substituents is 1. The number of hydrogen-bond acceptors (Lipinski definition) is 6. The Morgan fingerprint density at radius 1 is 0.974 bits per heavy atom. The van der Waals surface area contributed by atoms with Gasteiger partial charge in [-0.2, -0.15) is 0 Å². The molecular formula is C33H25NO5. The summed E-state index contributed by atoms with van der Waals surface area (Å²) >= 11 is 0. The summed E-state index contributed by atoms with van der Waals surface area (Å²) in [5, 5.41) is 27.8. The Morgan fingerprint density at radius 2 is 1.67 bits per heavy atom. The van der Waals surface area contributed by atoms with E-state index in [1.54, 1.807) is 24.3 Å². The van der Waals surface area contributed by atoms with Crippen LogP contribution in [-0.2, 0) is 16.8 Å². The van der Waals surface area contributed by atoms with Crippen molar-refractivity contribution in [2.24, 2.45) is 5.92 Å². The molecule has 2 aliphatic carbocycles. The Labute approximate surface area is 225 Å². The van der Waals surface area contributed by atoms with E-state index < -0.39 is 29.1 Å². The molecule has 7 rings (SSSR count). The van der Waals surface area contributed by atoms with Crippen molar-refractivity contribution in [3.05, 3.63) is 81.9 Å². The van der Waals surface area contributed by atoms with E-state index >= 15 is 0 Å². The van der Waals surface area contributed by atoms with Gasteiger partial charge >= 0.3 is 0 Å². The van der Waals surface area contributed by atoms with Crippen LogP contribution in [-0.4, -0.2) is 39.5 Å². The molecule has 0 radical (unpaired) electrons. The third-order valence-corrected chi connectivity index (χ3v) is 8.63. The van der Waals surface area contributed by atoms with Crippen LogP contribution in [0.25, 0.3) is 10.8 Å². The molecule has 6 heteroatoms. The van der Waals surface area contributed by atoms with Gasteiger partial charge in [-0.15, -0.1) is 0 Å². The highest BCUT2D eigenvalue weighted by Gasteiger charge is 2.81. The van der Waals surface area contributed by atoms with E-state index in [9.17, 15) is 19.8 Å². The van der Waals surface area contributed by atoms with Gasteiger partial charge in [0.2, 0.25) is 0 Å². The molecule has 0 saturated carbocycles. The van der Waals surface area contributed by atoms with Crippen molar-refractivity contribution >= 4 is 28.0 Å². The maximum absolute atomic E-state index is 14.2. The summed E-state index contributed by atoms with van der Waals surface area (Å²) in [6, 6.07) is 10.3. The number of rotatable bonds is 2. The number of ether oxygens (including phenoxy) is 1. The van der Waals surface area contributed by atoms with Crippen molar-refractivity contribution in [3.63, 3.8) is 0 Å². The average Bonchev–Trinajstić information content (AvgIpc) is 3.66. The van der Waals surface area contributed by atoms with Crippen molar-refractivity contribution < 1.29 is 24.5 Å². The molecule has 3 N–H and O–H groups in total. The van der Waals surface area contributed by atoms with E-state index in [0.29, 0.717) is 11.3 Å². The van der Waals surface area contributed by atoms with Gasteiger partial charge in [-0.3, -0.25) is 9.59 Å². The van der Waals surface area contributed by atoms with E-state index in [1.165, 1.54) is 6.07 Å². The number of carbonyl (C=O) groups excluding carboxylic acids is 2. The number of epoxide rings is 1. The topological polar surface area (TPSA) is 99.2 Å². The third kappa shape index (κ3) is 2.85. The smallest absolute Gasteiger partial charge is 0.198 e. The monoisotopic (exact) mass is 515 g/mol. The fraction of sp³-hybridized carbons (Fsp3) is 0.273. The lowest BCUT2D eigenvalue weighted by atomic mass is 9.67. The summed E-state index contributed by atoms with van der Waals surface area (Å²) in [6.07, 6.45) is 2.75. The number of phenols is 1. The van der Waals surface area contributed by atoms with Crippen molar-refractivity contribution in [2.45, 2.75) is 50.5 Å². The van der Waals surface area contributed by atoms with E-state index in [4.69, 9.17) is 4.74 Å². The molecule has 0 amide bonds. The minimum Gasteiger partial charge on any atom is -0.507 e. The molecule has 2 aliphatic heterocycles. The van der Waals surface area contributed by atoms with Crippen LogP contribution in [0.5, 0.6) is 5.75 Å². The molecule has 1 fully saturated rings. The van der Waals surface area contributed by atoms with Gasteiger partial charge in [0.1, 0.15) is 17.4 Å². The Balaban J connectivity index is 1.50. The molecule has 1 saturated heterocycles. The predicted molar refractivity (Wildman–Crippen MR) is 147 cm³/mol. The summed E-state index contributed by atoms with van der Waals surface area (Å²) in [5.74, 6) is 10.6. The maximum Gasteiger partial charge on any atom is 0.198 e. The molecule has 3 aromatic carbocycles. The van der Waals surface area contributed by atoms with Crippen molar-refractivity contribution in [2.75, 3.05) is 5.32 Å². The lowest BCUT2D eigenvalue weighted by Gasteiger charge is -2.38. The molecule has 2 bridgehead atoms. The van der Waals surface area contributed by atoms with Crippen LogP contribution in [0.1, 0.15) is 63.7 Å². The van der Waals surface area contributed by atoms with Crippen LogP contribution in [0.2, 0.25) is 0 Å². The first kappa shape index (κ1) is 23.7. The van der Waals surface area contributed by atoms with Crippen LogP contribution in [0.15, 0.2) is 48.6 Å². The summed E-state index contributed by atoms with van der Waals surface area (Å²) in [5.41, 5.74) is 0.109. The number of hydrogen-bond donors (Lipinski definition) is 3. The maximum atomic E-state index is 14.2. The van der Waals surface area contributed by atoms with Crippen LogP contribution in [0.4, 0.5) is 5.69 Å². The number of aromatic hydroxyl groups is 1. The number of fused-ring (bicyclic) bond motifs is 5. The fourth-order valence-corrected chi connectivity index (χ4v) is 6.70. The molecule has 0 spiro atoms. The number of carbonyl (C=O) groups is 2. The number of nitrogens with one attached hydrogen (secondary N) is 1. The minimum atomic E-state index is -1.34. The van der Waals surface area contributed by atoms with Gasteiger partial charge in [-0.25, -0.2) is 0 Å². The fourth-order valence-electron chi connectivity index (χ4n) is 6.70. The summed E-state index contributed by atoms with van der Waals surface area (Å²) < 4.78 is 6.45. The third-order valence-electron chi connectivity index (χ3n) is 8.63. The summed E-state index contributed by atoms with van der Waals surface area (Å²) in [4.78, 5) is 28.0. The van der Waals surface area contributed by atoms with Gasteiger partial charge in [0.25, 0.3) is 0 Å². The number of aryl methyl sites for hydroxylation is 1. The van der Waals surface area contributed by atoms with Crippen molar-refractivity contribution in [1.29, 1.82) is 0 Å². The molecule has 0 aromatic heterocycles. The van der Waals surface area contributed by atoms with Gasteiger partial charge in [0, 0.05) is 16.7 Å². The molecule has 4 atom stereocenters. The summed E-state index contributed by atoms with van der Waals surface area (Å²) in [6.45, 7) is 6.01. The highest BCUT2D eigenvalue weighted by atomic mass is 16.6. The van der Waals surface area contributed by atoms with Gasteiger partial charge in [0.15, 0.2) is 23.3 Å². The normalized spacial score (nSPS) is 28.0. The minimum absolute atomic E-state index is 0.0585. The van der Waals surface area contributed by atoms with E-state index in [2.05, 4.69) is 35.9 Å². The lowest BCUT2D eigenvalue weighted by Crippen LogP contribution is -2.52. The van der Waals surface area contributed by atoms with Crippen LogP contribution >= 0.6 is 0 Å². The number of allylic oxidation sites excluding steroid dienone is 2. The van der Waals surface area contributed by atoms with Gasteiger partial charge in [-0.05, 0) is 59.0 Å². The Hall–Kier alpha value is -4.36. The van der Waals surface area contributed by atoms with Crippen molar-refractivity contribution in [1.82, 2.24) is 0 Å². The molecule has 39 heavy (non-hydrogen) atoms. The summed E-state index contributed by atoms with van der Waals surface area (Å²) in [7, 11) is 0. The van der Waals surface area contributed by atoms with Crippen LogP contribution in [0.3, 0.4) is 0 Å². The molecule has 3 aromatic rings. The first-order valence-electron chi connectivity index (χ1n) is 13.1. The zero-order valence-electron chi connectivity index (χ0n) is 21.7. The van der Waals surface area contributed by atoms with Gasteiger partial charge in [-0.1, -0.05) is 62.7 Å². The quantitative estimate of drug-likeness (QED) is 0.210. The zero-order valence-corrected chi connectivity index (χ0v) is 21.7. The second-order valence-corrected chi connectivity index (χ2v) is 10.8. The highest BCUT2D eigenvalue weighted by molar-refractivity contribution is 6.32. The van der Waals surface area contributed by atoms with Crippen molar-refractivity contribution in [3.8, 4) is 29.4 Å². The van der Waals surface area contributed by atoms with Gasteiger partial charge in [0.05, 0.1) is 16.8 Å². The number of benzene rings is 3. The van der Waals surface area contributed by atoms with E-state index in [-0.39, 0.29) is 39.7 Å². The molecule has 0 unspecified atom stereocenters. The Morgan fingerprint density at radius 3 is 2.38 bits per heavy atom. The largest absolute Gasteiger partial charge is 0.507 e. The highest BCUT2D eigenvalue weighted by Crippen LogP contribution is 2.68. The number of aliphatic hydroxyl groups excluding tert-OH is 1. The molecule has 192 valence electrons. The zero-order chi connectivity index (χ0) is 27.3. The first-order valence-corrected chi connectivity index (χ1v) is 13.1. The first-order chi connectivity index (χ1) is 18.7. The van der Waals surface area contributed by atoms with Crippen LogP contribution < -0.4 is 5.32 Å². The second kappa shape index (κ2) is 7.83. The lowest BCUT2D eigenvalue weighted by molar-refractivity contribution is 0.0975. The molecule has 6 nitrogen and oxygen atoms in total. The predicted octanol–water partition coefficient (Wildman–Crippen LogP) is 4.24. The Kier molecular flexibility index (Phi) is 4.77. The molecular weight excluding hydrogens is 490 g/mol. The molecule has 2 heterocycles.